The van der Waals surface area contributed by atoms with E-state index < -0.39 is 0 Å². The molecule has 1 N–H and O–H groups in total. The summed E-state index contributed by atoms with van der Waals surface area (Å²) in [6.45, 7) is 3.83. The number of nitrogens with zero attached hydrogens (tertiary/aromatic N) is 4. The van der Waals surface area contributed by atoms with Crippen molar-refractivity contribution < 1.29 is 9.53 Å². The van der Waals surface area contributed by atoms with Crippen molar-refractivity contribution in [1.29, 1.82) is 0 Å². The van der Waals surface area contributed by atoms with Gasteiger partial charge < -0.3 is 10.1 Å². The topological polar surface area (TPSA) is 81.9 Å². The van der Waals surface area contributed by atoms with Gasteiger partial charge in [-0.15, -0.1) is 10.2 Å². The van der Waals surface area contributed by atoms with Crippen molar-refractivity contribution in [2.75, 3.05) is 12.4 Å². The first-order valence-electron chi connectivity index (χ1n) is 10.1. The van der Waals surface area contributed by atoms with Crippen molar-refractivity contribution in [3.05, 3.63) is 78.6 Å². The third-order valence-corrected chi connectivity index (χ3v) is 6.00. The largest absolute Gasteiger partial charge is 0.497 e. The number of benzene rings is 2. The van der Waals surface area contributed by atoms with E-state index in [0.717, 1.165) is 28.3 Å². The number of rotatable bonds is 7. The Kier molecular flexibility index (Phi) is 6.51. The number of nitrogens with one attached hydrogen (secondary N) is 1. The highest BCUT2D eigenvalue weighted by molar-refractivity contribution is 8.00. The molecular formula is C24H23N5O2S. The van der Waals surface area contributed by atoms with Gasteiger partial charge in [-0.3, -0.25) is 14.3 Å². The number of hydrogen-bond donors (Lipinski definition) is 1. The van der Waals surface area contributed by atoms with E-state index in [-0.39, 0.29) is 11.2 Å². The van der Waals surface area contributed by atoms with E-state index in [2.05, 4.69) is 20.5 Å². The Bertz CT molecular complexity index is 1210. The van der Waals surface area contributed by atoms with E-state index in [4.69, 9.17) is 4.74 Å². The molecule has 8 heteroatoms. The Labute approximate surface area is 190 Å². The number of aryl methyl sites for hydroxylation is 1. The molecule has 7 nitrogen and oxygen atoms in total. The molecule has 4 aromatic rings. The summed E-state index contributed by atoms with van der Waals surface area (Å²) in [6.07, 6.45) is 3.43. The van der Waals surface area contributed by atoms with Gasteiger partial charge in [0.2, 0.25) is 5.91 Å². The number of aromatic nitrogens is 4. The third kappa shape index (κ3) is 4.65. The molecule has 0 spiro atoms. The lowest BCUT2D eigenvalue weighted by molar-refractivity contribution is -0.115. The minimum atomic E-state index is -0.388. The molecule has 0 fully saturated rings. The van der Waals surface area contributed by atoms with Gasteiger partial charge in [0.1, 0.15) is 5.75 Å². The van der Waals surface area contributed by atoms with Crippen LogP contribution >= 0.6 is 11.8 Å². The van der Waals surface area contributed by atoms with Gasteiger partial charge in [-0.2, -0.15) is 0 Å². The molecule has 0 aliphatic heterocycles. The fourth-order valence-electron chi connectivity index (χ4n) is 3.16. The van der Waals surface area contributed by atoms with Crippen LogP contribution in [0, 0.1) is 6.92 Å². The summed E-state index contributed by atoms with van der Waals surface area (Å²) < 4.78 is 7.23. The summed E-state index contributed by atoms with van der Waals surface area (Å²) in [6, 6.07) is 19.1. The zero-order valence-electron chi connectivity index (χ0n) is 18.0. The average Bonchev–Trinajstić information content (AvgIpc) is 3.24. The molecule has 0 saturated carbocycles. The first-order chi connectivity index (χ1) is 15.6. The highest BCUT2D eigenvalue weighted by Crippen LogP contribution is 2.31. The molecule has 0 saturated heterocycles. The molecule has 4 rings (SSSR count). The zero-order chi connectivity index (χ0) is 22.5. The second-order valence-corrected chi connectivity index (χ2v) is 8.45. The van der Waals surface area contributed by atoms with E-state index >= 15 is 0 Å². The SMILES string of the molecule is COc1ccc(-n2c(S[C@H](C)C(=O)Nc3ccccc3C)nnc2-c2ccncc2)cc1. The third-order valence-electron chi connectivity index (χ3n) is 4.96. The second kappa shape index (κ2) is 9.65. The molecule has 2 aromatic heterocycles. The number of thioether (sulfide) groups is 1. The van der Waals surface area contributed by atoms with Crippen molar-refractivity contribution in [3.63, 3.8) is 0 Å². The minimum absolute atomic E-state index is 0.0981. The van der Waals surface area contributed by atoms with Gasteiger partial charge in [0, 0.05) is 29.3 Å². The maximum Gasteiger partial charge on any atom is 0.237 e. The lowest BCUT2D eigenvalue weighted by Crippen LogP contribution is -2.23. The Hall–Kier alpha value is -3.65. The molecule has 0 radical (unpaired) electrons. The fraction of sp³-hybridized carbons (Fsp3) is 0.167. The predicted octanol–water partition coefficient (Wildman–Crippen LogP) is 4.77. The van der Waals surface area contributed by atoms with Crippen LogP contribution in [-0.4, -0.2) is 38.0 Å². The number of methoxy groups -OCH3 is 1. The Morgan fingerprint density at radius 2 is 1.75 bits per heavy atom. The van der Waals surface area contributed by atoms with Crippen molar-refractivity contribution in [2.45, 2.75) is 24.3 Å². The first kappa shape index (κ1) is 21.6. The molecule has 162 valence electrons. The number of para-hydroxylation sites is 1. The summed E-state index contributed by atoms with van der Waals surface area (Å²) in [5, 5.41) is 12.1. The zero-order valence-corrected chi connectivity index (χ0v) is 18.8. The van der Waals surface area contributed by atoms with Crippen LogP contribution in [0.4, 0.5) is 5.69 Å². The van der Waals surface area contributed by atoms with E-state index in [1.165, 1.54) is 11.8 Å². The summed E-state index contributed by atoms with van der Waals surface area (Å²) in [7, 11) is 1.63. The van der Waals surface area contributed by atoms with Crippen LogP contribution in [0.2, 0.25) is 0 Å². The molecule has 0 bridgehead atoms. The number of amides is 1. The van der Waals surface area contributed by atoms with E-state index in [1.54, 1.807) is 19.5 Å². The molecule has 32 heavy (non-hydrogen) atoms. The summed E-state index contributed by atoms with van der Waals surface area (Å²) in [5.74, 6) is 1.33. The molecule has 0 aliphatic carbocycles. The standard InChI is InChI=1S/C24H23N5O2S/c1-16-6-4-5-7-21(16)26-23(30)17(2)32-24-28-27-22(18-12-14-25-15-13-18)29(24)19-8-10-20(31-3)11-9-19/h4-15,17H,1-3H3,(H,26,30)/t17-/m1/s1. The lowest BCUT2D eigenvalue weighted by Gasteiger charge is -2.15. The van der Waals surface area contributed by atoms with E-state index in [1.807, 2.05) is 79.1 Å². The second-order valence-electron chi connectivity index (χ2n) is 7.14. The van der Waals surface area contributed by atoms with E-state index in [0.29, 0.717) is 11.0 Å². The molecule has 0 aliphatic rings. The minimum Gasteiger partial charge on any atom is -0.497 e. The van der Waals surface area contributed by atoms with Gasteiger partial charge in [-0.1, -0.05) is 30.0 Å². The van der Waals surface area contributed by atoms with Crippen LogP contribution in [0.3, 0.4) is 0 Å². The Morgan fingerprint density at radius 1 is 1.03 bits per heavy atom. The van der Waals surface area contributed by atoms with E-state index in [9.17, 15) is 4.79 Å². The monoisotopic (exact) mass is 445 g/mol. The summed E-state index contributed by atoms with van der Waals surface area (Å²) in [5.41, 5.74) is 3.57. The molecule has 0 unspecified atom stereocenters. The van der Waals surface area contributed by atoms with Crippen LogP contribution < -0.4 is 10.1 Å². The van der Waals surface area contributed by atoms with Crippen LogP contribution in [0.15, 0.2) is 78.2 Å². The number of carbonyl (C=O) groups is 1. The van der Waals surface area contributed by atoms with Crippen LogP contribution in [0.1, 0.15) is 12.5 Å². The quantitative estimate of drug-likeness (QED) is 0.413. The predicted molar refractivity (Wildman–Crippen MR) is 126 cm³/mol. The van der Waals surface area contributed by atoms with Crippen molar-refractivity contribution in [1.82, 2.24) is 19.7 Å². The highest BCUT2D eigenvalue weighted by atomic mass is 32.2. The molecule has 2 heterocycles. The van der Waals surface area contributed by atoms with Crippen molar-refractivity contribution >= 4 is 23.4 Å². The lowest BCUT2D eigenvalue weighted by atomic mass is 10.2. The number of anilines is 1. The average molecular weight is 446 g/mol. The van der Waals surface area contributed by atoms with Crippen LogP contribution in [0.25, 0.3) is 17.1 Å². The summed E-state index contributed by atoms with van der Waals surface area (Å²) in [4.78, 5) is 17.0. The number of hydrogen-bond acceptors (Lipinski definition) is 6. The van der Waals surface area contributed by atoms with Gasteiger partial charge >= 0.3 is 0 Å². The Morgan fingerprint density at radius 3 is 2.44 bits per heavy atom. The Balaban J connectivity index is 1.65. The number of carbonyl (C=O) groups excluding carboxylic acids is 1. The van der Waals surface area contributed by atoms with Gasteiger partial charge in [0.05, 0.1) is 12.4 Å². The molecular weight excluding hydrogens is 422 g/mol. The van der Waals surface area contributed by atoms with Crippen molar-refractivity contribution in [3.8, 4) is 22.8 Å². The van der Waals surface area contributed by atoms with Gasteiger partial charge in [0.15, 0.2) is 11.0 Å². The maximum atomic E-state index is 12.9. The van der Waals surface area contributed by atoms with Crippen LogP contribution in [-0.2, 0) is 4.79 Å². The van der Waals surface area contributed by atoms with Gasteiger partial charge in [-0.25, -0.2) is 0 Å². The highest BCUT2D eigenvalue weighted by Gasteiger charge is 2.22. The molecule has 2 aromatic carbocycles. The first-order valence-corrected chi connectivity index (χ1v) is 11.0. The van der Waals surface area contributed by atoms with Gasteiger partial charge in [0.25, 0.3) is 0 Å². The smallest absolute Gasteiger partial charge is 0.237 e. The van der Waals surface area contributed by atoms with Gasteiger partial charge in [-0.05, 0) is 61.9 Å². The molecule has 1 amide bonds. The summed E-state index contributed by atoms with van der Waals surface area (Å²) >= 11 is 1.35. The van der Waals surface area contributed by atoms with Crippen molar-refractivity contribution in [2.24, 2.45) is 0 Å². The number of pyridine rings is 1. The van der Waals surface area contributed by atoms with Crippen LogP contribution in [0.5, 0.6) is 5.75 Å². The normalized spacial score (nSPS) is 11.7. The molecule has 1 atom stereocenters. The maximum absolute atomic E-state index is 12.9. The fourth-order valence-corrected chi connectivity index (χ4v) is 4.02. The number of ether oxygens (including phenoxy) is 1.